The van der Waals surface area contributed by atoms with E-state index in [0.29, 0.717) is 18.2 Å². The molecular formula is C15H20N2O4. The lowest BCUT2D eigenvalue weighted by molar-refractivity contribution is -0.156. The number of fused-ring (bicyclic) bond motifs is 2. The van der Waals surface area contributed by atoms with Gasteiger partial charge in [-0.15, -0.1) is 0 Å². The number of aromatic amines is 1. The molecule has 1 N–H and O–H groups in total. The fourth-order valence-corrected chi connectivity index (χ4v) is 3.65. The van der Waals surface area contributed by atoms with E-state index in [1.54, 1.807) is 18.3 Å². The highest BCUT2D eigenvalue weighted by Crippen LogP contribution is 2.40. The lowest BCUT2D eigenvalue weighted by Gasteiger charge is -2.40. The highest BCUT2D eigenvalue weighted by molar-refractivity contribution is 5.87. The van der Waals surface area contributed by atoms with E-state index in [2.05, 4.69) is 9.88 Å². The average molecular weight is 292 g/mol. The minimum atomic E-state index is -0.415. The van der Waals surface area contributed by atoms with Crippen LogP contribution in [0.1, 0.15) is 29.8 Å². The third-order valence-electron chi connectivity index (χ3n) is 4.76. The van der Waals surface area contributed by atoms with Gasteiger partial charge in [-0.1, -0.05) is 0 Å². The van der Waals surface area contributed by atoms with Crippen molar-refractivity contribution >= 4 is 11.9 Å². The van der Waals surface area contributed by atoms with Gasteiger partial charge in [0.25, 0.3) is 0 Å². The molecule has 1 aromatic heterocycles. The highest BCUT2D eigenvalue weighted by atomic mass is 16.6. The maximum absolute atomic E-state index is 12.1. The number of ether oxygens (including phenoxy) is 2. The van der Waals surface area contributed by atoms with Crippen molar-refractivity contribution in [2.45, 2.75) is 37.5 Å². The third-order valence-corrected chi connectivity index (χ3v) is 4.76. The summed E-state index contributed by atoms with van der Waals surface area (Å²) in [5, 5.41) is 0. The second kappa shape index (κ2) is 5.52. The molecule has 2 bridgehead atoms. The van der Waals surface area contributed by atoms with Crippen molar-refractivity contribution in [3.05, 3.63) is 24.0 Å². The Hall–Kier alpha value is -1.82. The Bertz CT molecular complexity index is 528. The second-order valence-corrected chi connectivity index (χ2v) is 5.78. The van der Waals surface area contributed by atoms with Gasteiger partial charge >= 0.3 is 11.9 Å². The number of hydrogen-bond donors (Lipinski definition) is 1. The van der Waals surface area contributed by atoms with E-state index in [0.717, 1.165) is 12.8 Å². The predicted octanol–water partition coefficient (Wildman–Crippen LogP) is 1.20. The molecule has 0 saturated carbocycles. The summed E-state index contributed by atoms with van der Waals surface area (Å²) >= 11 is 0. The lowest BCUT2D eigenvalue weighted by atomic mass is 9.87. The van der Waals surface area contributed by atoms with Crippen LogP contribution in [0.15, 0.2) is 18.3 Å². The van der Waals surface area contributed by atoms with Crippen LogP contribution >= 0.6 is 0 Å². The van der Waals surface area contributed by atoms with E-state index in [-0.39, 0.29) is 12.0 Å². The molecular weight excluding hydrogens is 272 g/mol. The molecule has 3 rings (SSSR count). The molecule has 0 spiro atoms. The van der Waals surface area contributed by atoms with Crippen molar-refractivity contribution in [2.75, 3.05) is 14.2 Å². The van der Waals surface area contributed by atoms with Crippen LogP contribution in [0.25, 0.3) is 0 Å². The number of piperidine rings is 1. The normalized spacial score (nSPS) is 31.9. The van der Waals surface area contributed by atoms with Crippen molar-refractivity contribution < 1.29 is 19.1 Å². The molecule has 0 aromatic carbocycles. The van der Waals surface area contributed by atoms with Gasteiger partial charge in [0.2, 0.25) is 0 Å². The van der Waals surface area contributed by atoms with Crippen molar-refractivity contribution in [3.8, 4) is 0 Å². The molecule has 6 heteroatoms. The van der Waals surface area contributed by atoms with Gasteiger partial charge in [-0.05, 0) is 32.0 Å². The standard InChI is InChI=1S/C15H20N2O4/c1-17-9-5-6-11(17)13(15(19)20-2)12(8-9)21-14(18)10-4-3-7-16-10/h3-4,7,9,11-13,16H,5-6,8H2,1-2H3/t9?,11?,12-,13?/m0/s1. The molecule has 6 nitrogen and oxygen atoms in total. The van der Waals surface area contributed by atoms with Gasteiger partial charge in [0, 0.05) is 24.7 Å². The fourth-order valence-electron chi connectivity index (χ4n) is 3.65. The first-order valence-corrected chi connectivity index (χ1v) is 7.26. The summed E-state index contributed by atoms with van der Waals surface area (Å²) in [6.07, 6.45) is 3.91. The maximum atomic E-state index is 12.1. The Morgan fingerprint density at radius 1 is 1.38 bits per heavy atom. The van der Waals surface area contributed by atoms with E-state index in [1.165, 1.54) is 7.11 Å². The van der Waals surface area contributed by atoms with Gasteiger partial charge in [0.1, 0.15) is 17.7 Å². The number of rotatable bonds is 3. The molecule has 0 amide bonds. The average Bonchev–Trinajstić information content (AvgIpc) is 3.07. The van der Waals surface area contributed by atoms with Crippen LogP contribution in [0.3, 0.4) is 0 Å². The van der Waals surface area contributed by atoms with Crippen LogP contribution in [0, 0.1) is 5.92 Å². The second-order valence-electron chi connectivity index (χ2n) is 5.78. The Morgan fingerprint density at radius 2 is 2.19 bits per heavy atom. The number of hydrogen-bond acceptors (Lipinski definition) is 5. The van der Waals surface area contributed by atoms with E-state index in [1.807, 2.05) is 7.05 Å². The van der Waals surface area contributed by atoms with Gasteiger partial charge in [-0.25, -0.2) is 4.79 Å². The quantitative estimate of drug-likeness (QED) is 0.847. The summed E-state index contributed by atoms with van der Waals surface area (Å²) in [6, 6.07) is 3.88. The molecule has 0 radical (unpaired) electrons. The first kappa shape index (κ1) is 14.1. The van der Waals surface area contributed by atoms with Crippen molar-refractivity contribution in [1.82, 2.24) is 9.88 Å². The maximum Gasteiger partial charge on any atom is 0.355 e. The molecule has 2 fully saturated rings. The summed E-state index contributed by atoms with van der Waals surface area (Å²) in [5.74, 6) is -1.11. The largest absolute Gasteiger partial charge is 0.469 e. The molecule has 21 heavy (non-hydrogen) atoms. The summed E-state index contributed by atoms with van der Waals surface area (Å²) in [7, 11) is 3.41. The minimum Gasteiger partial charge on any atom is -0.469 e. The molecule has 4 atom stereocenters. The first-order chi connectivity index (χ1) is 10.1. The molecule has 114 valence electrons. The van der Waals surface area contributed by atoms with Crippen LogP contribution in [-0.2, 0) is 14.3 Å². The molecule has 2 aliphatic heterocycles. The molecule has 1 aromatic rings. The summed E-state index contributed by atoms with van der Waals surface area (Å²) in [5.41, 5.74) is 0.407. The van der Waals surface area contributed by atoms with Gasteiger partial charge < -0.3 is 14.5 Å². The van der Waals surface area contributed by atoms with E-state index >= 15 is 0 Å². The van der Waals surface area contributed by atoms with Gasteiger partial charge in [0.15, 0.2) is 0 Å². The number of carbonyl (C=O) groups is 2. The van der Waals surface area contributed by atoms with Crippen LogP contribution < -0.4 is 0 Å². The monoisotopic (exact) mass is 292 g/mol. The van der Waals surface area contributed by atoms with Crippen molar-refractivity contribution in [2.24, 2.45) is 5.92 Å². The molecule has 2 aliphatic rings. The highest BCUT2D eigenvalue weighted by Gasteiger charge is 2.51. The zero-order valence-electron chi connectivity index (χ0n) is 12.2. The Labute approximate surface area is 123 Å². The van der Waals surface area contributed by atoms with E-state index in [4.69, 9.17) is 9.47 Å². The number of H-pyrrole nitrogens is 1. The van der Waals surface area contributed by atoms with E-state index < -0.39 is 18.0 Å². The Kier molecular flexibility index (Phi) is 3.71. The summed E-state index contributed by atoms with van der Waals surface area (Å²) in [6.45, 7) is 0. The molecule has 3 unspecified atom stereocenters. The predicted molar refractivity (Wildman–Crippen MR) is 74.7 cm³/mol. The number of carbonyl (C=O) groups excluding carboxylic acids is 2. The topological polar surface area (TPSA) is 71.6 Å². The number of nitrogens with zero attached hydrogens (tertiary/aromatic N) is 1. The van der Waals surface area contributed by atoms with Gasteiger partial charge in [-0.3, -0.25) is 9.69 Å². The minimum absolute atomic E-state index is 0.0950. The Morgan fingerprint density at radius 3 is 2.86 bits per heavy atom. The van der Waals surface area contributed by atoms with Crippen LogP contribution in [0.2, 0.25) is 0 Å². The van der Waals surface area contributed by atoms with Crippen LogP contribution in [-0.4, -0.2) is 54.2 Å². The smallest absolute Gasteiger partial charge is 0.355 e. The SMILES string of the molecule is COC(=O)C1C2CCC(C[C@@H]1OC(=O)c1ccc[nH]1)N2C. The van der Waals surface area contributed by atoms with Crippen molar-refractivity contribution in [1.29, 1.82) is 0 Å². The van der Waals surface area contributed by atoms with Crippen molar-refractivity contribution in [3.63, 3.8) is 0 Å². The third kappa shape index (κ3) is 2.44. The van der Waals surface area contributed by atoms with E-state index in [9.17, 15) is 9.59 Å². The number of nitrogens with one attached hydrogen (secondary N) is 1. The fraction of sp³-hybridized carbons (Fsp3) is 0.600. The van der Waals surface area contributed by atoms with Crippen LogP contribution in [0.5, 0.6) is 0 Å². The van der Waals surface area contributed by atoms with Crippen LogP contribution in [0.4, 0.5) is 0 Å². The Balaban J connectivity index is 1.79. The zero-order chi connectivity index (χ0) is 15.0. The number of esters is 2. The summed E-state index contributed by atoms with van der Waals surface area (Å²) in [4.78, 5) is 29.3. The number of methoxy groups -OCH3 is 1. The first-order valence-electron chi connectivity index (χ1n) is 7.26. The summed E-state index contributed by atoms with van der Waals surface area (Å²) < 4.78 is 10.5. The van der Waals surface area contributed by atoms with Gasteiger partial charge in [-0.2, -0.15) is 0 Å². The number of aromatic nitrogens is 1. The molecule has 2 saturated heterocycles. The molecule has 0 aliphatic carbocycles. The zero-order valence-corrected chi connectivity index (χ0v) is 12.2. The molecule has 3 heterocycles. The lowest BCUT2D eigenvalue weighted by Crippen LogP contribution is -2.53. The van der Waals surface area contributed by atoms with Gasteiger partial charge in [0.05, 0.1) is 7.11 Å².